The highest BCUT2D eigenvalue weighted by Gasteiger charge is 2.08. The van der Waals surface area contributed by atoms with Gasteiger partial charge in [0.25, 0.3) is 0 Å². The highest BCUT2D eigenvalue weighted by molar-refractivity contribution is 5.74. The van der Waals surface area contributed by atoms with Crippen molar-refractivity contribution in [2.45, 2.75) is 0 Å². The lowest BCUT2D eigenvalue weighted by atomic mass is 10.0. The molecule has 0 aliphatic rings. The highest BCUT2D eigenvalue weighted by atomic mass is 16.3. The standard InChI is InChI=1S/C28H20N2O/c31-26-16-24(27-13-11-22(18-29-27)20-7-3-1-4-8-20)15-25(17-26)28-14-12-23(19-30-28)21-9-5-2-6-10-21/h1-19,31H. The molecule has 0 radical (unpaired) electrons. The molecule has 0 fully saturated rings. The number of aromatic nitrogens is 2. The van der Waals surface area contributed by atoms with Crippen LogP contribution in [0.25, 0.3) is 44.8 Å². The molecule has 0 aliphatic carbocycles. The number of phenolic OH excluding ortho intramolecular Hbond substituents is 1. The molecule has 2 heterocycles. The highest BCUT2D eigenvalue weighted by Crippen LogP contribution is 2.31. The van der Waals surface area contributed by atoms with E-state index in [0.29, 0.717) is 0 Å². The first-order valence-electron chi connectivity index (χ1n) is 10.1. The van der Waals surface area contributed by atoms with Crippen LogP contribution in [0.2, 0.25) is 0 Å². The lowest BCUT2D eigenvalue weighted by Crippen LogP contribution is -1.89. The maximum atomic E-state index is 10.3. The second-order valence-electron chi connectivity index (χ2n) is 7.36. The summed E-state index contributed by atoms with van der Waals surface area (Å²) in [5.74, 6) is 0.190. The van der Waals surface area contributed by atoms with Gasteiger partial charge in [-0.05, 0) is 41.5 Å². The molecule has 3 nitrogen and oxygen atoms in total. The van der Waals surface area contributed by atoms with Gasteiger partial charge in [0.2, 0.25) is 0 Å². The van der Waals surface area contributed by atoms with Gasteiger partial charge in [-0.3, -0.25) is 9.97 Å². The Labute approximate surface area is 181 Å². The average molecular weight is 400 g/mol. The van der Waals surface area contributed by atoms with Crippen LogP contribution in [0.3, 0.4) is 0 Å². The molecule has 1 N–H and O–H groups in total. The van der Waals surface area contributed by atoms with E-state index in [4.69, 9.17) is 0 Å². The third kappa shape index (κ3) is 4.07. The van der Waals surface area contributed by atoms with Crippen molar-refractivity contribution in [3.63, 3.8) is 0 Å². The Balaban J connectivity index is 1.45. The number of nitrogens with zero attached hydrogens (tertiary/aromatic N) is 2. The number of hydrogen-bond donors (Lipinski definition) is 1. The molecule has 3 aromatic carbocycles. The maximum Gasteiger partial charge on any atom is 0.116 e. The van der Waals surface area contributed by atoms with E-state index in [1.54, 1.807) is 12.1 Å². The number of hydrogen-bond acceptors (Lipinski definition) is 3. The second kappa shape index (κ2) is 8.25. The van der Waals surface area contributed by atoms with Crippen molar-refractivity contribution in [1.82, 2.24) is 9.97 Å². The molecule has 0 amide bonds. The molecule has 0 spiro atoms. The number of phenols is 1. The van der Waals surface area contributed by atoms with Crippen LogP contribution in [-0.2, 0) is 0 Å². The average Bonchev–Trinajstić information content (AvgIpc) is 2.85. The maximum absolute atomic E-state index is 10.3. The van der Waals surface area contributed by atoms with Gasteiger partial charge in [-0.25, -0.2) is 0 Å². The molecule has 3 heteroatoms. The van der Waals surface area contributed by atoms with E-state index in [1.807, 2.05) is 79.1 Å². The molecule has 0 saturated carbocycles. The van der Waals surface area contributed by atoms with Crippen molar-refractivity contribution in [3.05, 3.63) is 116 Å². The number of pyridine rings is 2. The summed E-state index contributed by atoms with van der Waals surface area (Å²) in [6, 6.07) is 33.8. The van der Waals surface area contributed by atoms with Crippen LogP contribution in [0.5, 0.6) is 5.75 Å². The van der Waals surface area contributed by atoms with Crippen LogP contribution in [0.15, 0.2) is 116 Å². The summed E-state index contributed by atoms with van der Waals surface area (Å²) < 4.78 is 0. The summed E-state index contributed by atoms with van der Waals surface area (Å²) >= 11 is 0. The lowest BCUT2D eigenvalue weighted by molar-refractivity contribution is 0.476. The van der Waals surface area contributed by atoms with Crippen molar-refractivity contribution < 1.29 is 5.11 Å². The molecule has 0 unspecified atom stereocenters. The molecular weight excluding hydrogens is 380 g/mol. The van der Waals surface area contributed by atoms with E-state index < -0.39 is 0 Å². The molecule has 0 bridgehead atoms. The van der Waals surface area contributed by atoms with Crippen molar-refractivity contribution in [1.29, 1.82) is 0 Å². The van der Waals surface area contributed by atoms with E-state index in [1.165, 1.54) is 0 Å². The number of benzene rings is 3. The van der Waals surface area contributed by atoms with Crippen molar-refractivity contribution in [3.8, 4) is 50.5 Å². The van der Waals surface area contributed by atoms with Crippen molar-refractivity contribution >= 4 is 0 Å². The number of aromatic hydroxyl groups is 1. The van der Waals surface area contributed by atoms with E-state index >= 15 is 0 Å². The summed E-state index contributed by atoms with van der Waals surface area (Å²) in [7, 11) is 0. The Kier molecular flexibility index (Phi) is 4.99. The number of rotatable bonds is 4. The van der Waals surface area contributed by atoms with Gasteiger partial charge in [0.05, 0.1) is 11.4 Å². The zero-order chi connectivity index (χ0) is 21.0. The lowest BCUT2D eigenvalue weighted by Gasteiger charge is -2.09. The summed E-state index contributed by atoms with van der Waals surface area (Å²) in [6.45, 7) is 0. The van der Waals surface area contributed by atoms with Crippen LogP contribution in [0, 0.1) is 0 Å². The van der Waals surface area contributed by atoms with Gasteiger partial charge in [-0.2, -0.15) is 0 Å². The van der Waals surface area contributed by atoms with Crippen LogP contribution in [0.1, 0.15) is 0 Å². The van der Waals surface area contributed by atoms with Crippen molar-refractivity contribution in [2.75, 3.05) is 0 Å². The molecule has 0 saturated heterocycles. The summed E-state index contributed by atoms with van der Waals surface area (Å²) in [6.07, 6.45) is 3.72. The van der Waals surface area contributed by atoms with E-state index in [2.05, 4.69) is 34.2 Å². The third-order valence-electron chi connectivity index (χ3n) is 5.25. The van der Waals surface area contributed by atoms with Crippen LogP contribution < -0.4 is 0 Å². The van der Waals surface area contributed by atoms with E-state index in [9.17, 15) is 5.11 Å². The monoisotopic (exact) mass is 400 g/mol. The predicted octanol–water partition coefficient (Wildman–Crippen LogP) is 6.85. The van der Waals surface area contributed by atoms with Crippen LogP contribution in [-0.4, -0.2) is 15.1 Å². The van der Waals surface area contributed by atoms with Crippen molar-refractivity contribution in [2.24, 2.45) is 0 Å². The van der Waals surface area contributed by atoms with Gasteiger partial charge >= 0.3 is 0 Å². The first kappa shape index (κ1) is 18.8. The van der Waals surface area contributed by atoms with E-state index in [0.717, 1.165) is 44.8 Å². The topological polar surface area (TPSA) is 46.0 Å². The zero-order valence-electron chi connectivity index (χ0n) is 16.8. The second-order valence-corrected chi connectivity index (χ2v) is 7.36. The summed E-state index contributed by atoms with van der Waals surface area (Å²) in [4.78, 5) is 9.25. The predicted molar refractivity (Wildman–Crippen MR) is 125 cm³/mol. The first-order chi connectivity index (χ1) is 15.3. The van der Waals surface area contributed by atoms with Crippen LogP contribution >= 0.6 is 0 Å². The Hall–Kier alpha value is -4.24. The van der Waals surface area contributed by atoms with Gasteiger partial charge in [0.15, 0.2) is 0 Å². The van der Waals surface area contributed by atoms with Gasteiger partial charge in [0.1, 0.15) is 5.75 Å². The molecule has 5 rings (SSSR count). The van der Waals surface area contributed by atoms with Crippen LogP contribution in [0.4, 0.5) is 0 Å². The molecular formula is C28H20N2O. The minimum absolute atomic E-state index is 0.190. The minimum Gasteiger partial charge on any atom is -0.508 e. The van der Waals surface area contributed by atoms with Gasteiger partial charge in [0, 0.05) is 34.6 Å². The third-order valence-corrected chi connectivity index (χ3v) is 5.25. The van der Waals surface area contributed by atoms with Gasteiger partial charge < -0.3 is 5.11 Å². The molecule has 148 valence electrons. The largest absolute Gasteiger partial charge is 0.508 e. The van der Waals surface area contributed by atoms with Gasteiger partial charge in [-0.1, -0.05) is 72.8 Å². The molecule has 2 aromatic heterocycles. The quantitative estimate of drug-likeness (QED) is 0.359. The molecule has 31 heavy (non-hydrogen) atoms. The Bertz CT molecular complexity index is 1200. The van der Waals surface area contributed by atoms with E-state index in [-0.39, 0.29) is 5.75 Å². The Morgan fingerprint density at radius 1 is 0.419 bits per heavy atom. The fourth-order valence-electron chi connectivity index (χ4n) is 3.64. The zero-order valence-corrected chi connectivity index (χ0v) is 16.8. The SMILES string of the molecule is Oc1cc(-c2ccc(-c3ccccc3)cn2)cc(-c2ccc(-c3ccccc3)cn2)c1. The van der Waals surface area contributed by atoms with Gasteiger partial charge in [-0.15, -0.1) is 0 Å². The Morgan fingerprint density at radius 2 is 0.871 bits per heavy atom. The summed E-state index contributed by atoms with van der Waals surface area (Å²) in [5, 5.41) is 10.3. The smallest absolute Gasteiger partial charge is 0.116 e. The summed E-state index contributed by atoms with van der Waals surface area (Å²) in [5.41, 5.74) is 7.68. The fraction of sp³-hybridized carbons (Fsp3) is 0. The molecule has 5 aromatic rings. The Morgan fingerprint density at radius 3 is 1.26 bits per heavy atom. The fourth-order valence-corrected chi connectivity index (χ4v) is 3.64. The first-order valence-corrected chi connectivity index (χ1v) is 10.1. The normalized spacial score (nSPS) is 10.7. The minimum atomic E-state index is 0.190. The molecule has 0 atom stereocenters. The molecule has 0 aliphatic heterocycles.